The van der Waals surface area contributed by atoms with Gasteiger partial charge in [-0.1, -0.05) is 36.4 Å². The van der Waals surface area contributed by atoms with Gasteiger partial charge in [-0.3, -0.25) is 24.0 Å². The Morgan fingerprint density at radius 3 is 1.45 bits per heavy atom. The second-order valence-electron chi connectivity index (χ2n) is 17.4. The highest BCUT2D eigenvalue weighted by atomic mass is 16.4. The van der Waals surface area contributed by atoms with Crippen LogP contribution in [0.3, 0.4) is 0 Å². The number of carboxylic acids is 1. The minimum atomic E-state index is -0.951. The van der Waals surface area contributed by atoms with E-state index in [4.69, 9.17) is 5.73 Å². The van der Waals surface area contributed by atoms with Gasteiger partial charge in [0.25, 0.3) is 11.1 Å². The number of para-hydroxylation sites is 2. The molecule has 0 aliphatic carbocycles. The number of amides is 2. The molecule has 2 unspecified atom stereocenters. The minimum absolute atomic E-state index is 0.00218. The molecule has 14 heteroatoms. The first kappa shape index (κ1) is 47.9. The van der Waals surface area contributed by atoms with Crippen LogP contribution in [-0.4, -0.2) is 83.8 Å². The van der Waals surface area contributed by atoms with Gasteiger partial charge in [0.2, 0.25) is 11.8 Å². The molecule has 2 saturated heterocycles. The van der Waals surface area contributed by atoms with Crippen LogP contribution in [0.5, 0.6) is 0 Å². The first-order valence-electron chi connectivity index (χ1n) is 22.6. The van der Waals surface area contributed by atoms with Gasteiger partial charge in [-0.2, -0.15) is 0 Å². The van der Waals surface area contributed by atoms with E-state index in [1.807, 2.05) is 122 Å². The van der Waals surface area contributed by atoms with Crippen molar-refractivity contribution in [2.24, 2.45) is 5.73 Å². The molecular formula is C51H63N7O7. The number of Topliss-reactive ketones (excluding diaryl/α,β-unsaturated/α-hetero) is 1. The topological polar surface area (TPSA) is 197 Å². The van der Waals surface area contributed by atoms with E-state index in [0.717, 1.165) is 96.5 Å². The quantitative estimate of drug-likeness (QED) is 0.101. The van der Waals surface area contributed by atoms with E-state index in [9.17, 15) is 33.9 Å². The largest absolute Gasteiger partial charge is 0.478 e. The highest BCUT2D eigenvalue weighted by Gasteiger charge is 2.31. The van der Waals surface area contributed by atoms with Crippen molar-refractivity contribution in [1.29, 1.82) is 0 Å². The Bertz CT molecular complexity index is 2870. The normalized spacial score (nSPS) is 14.5. The fourth-order valence-electron chi connectivity index (χ4n) is 9.72. The van der Waals surface area contributed by atoms with Crippen LogP contribution in [0, 0.1) is 41.5 Å². The van der Waals surface area contributed by atoms with Crippen LogP contribution in [-0.2, 0) is 22.6 Å². The number of aromatic amines is 2. The van der Waals surface area contributed by atoms with E-state index in [1.54, 1.807) is 13.0 Å². The number of nitrogens with one attached hydrogen (secondary N) is 2. The van der Waals surface area contributed by atoms with Crippen molar-refractivity contribution >= 4 is 45.4 Å². The predicted molar refractivity (Wildman–Crippen MR) is 255 cm³/mol. The van der Waals surface area contributed by atoms with E-state index >= 15 is 0 Å². The summed E-state index contributed by atoms with van der Waals surface area (Å²) in [5.74, 6) is -0.781. The molecule has 2 aromatic carbocycles. The molecule has 2 atom stereocenters. The van der Waals surface area contributed by atoms with Crippen molar-refractivity contribution in [3.63, 3.8) is 0 Å². The highest BCUT2D eigenvalue weighted by molar-refractivity contribution is 6.10. The Hall–Kier alpha value is -6.54. The Labute approximate surface area is 379 Å². The lowest BCUT2D eigenvalue weighted by Gasteiger charge is -2.23. The molecule has 0 bridgehead atoms. The van der Waals surface area contributed by atoms with Gasteiger partial charge < -0.3 is 39.7 Å². The zero-order valence-corrected chi connectivity index (χ0v) is 39.0. The number of hydrogen-bond donors (Lipinski definition) is 4. The monoisotopic (exact) mass is 885 g/mol. The summed E-state index contributed by atoms with van der Waals surface area (Å²) in [6.07, 6.45) is 4.82. The number of hydrogen-bond acceptors (Lipinski definition) is 7. The van der Waals surface area contributed by atoms with Crippen molar-refractivity contribution in [2.75, 3.05) is 26.2 Å². The van der Waals surface area contributed by atoms with Crippen LogP contribution < -0.4 is 16.9 Å². The number of rotatable bonds is 10. The number of benzene rings is 2. The number of ketones is 1. The third-order valence-electron chi connectivity index (χ3n) is 12.9. The van der Waals surface area contributed by atoms with Gasteiger partial charge in [-0.25, -0.2) is 4.79 Å². The molecule has 6 aromatic rings. The number of carbonyl (C=O) groups excluding carboxylic acids is 3. The fourth-order valence-corrected chi connectivity index (χ4v) is 9.72. The van der Waals surface area contributed by atoms with Crippen molar-refractivity contribution in [2.45, 2.75) is 113 Å². The number of pyridine rings is 2. The van der Waals surface area contributed by atoms with Crippen LogP contribution in [0.25, 0.3) is 21.8 Å². The van der Waals surface area contributed by atoms with Gasteiger partial charge in [0.15, 0.2) is 5.78 Å². The van der Waals surface area contributed by atoms with Gasteiger partial charge in [-0.05, 0) is 123 Å². The Balaban J connectivity index is 0.000000182. The number of carbonyl (C=O) groups is 4. The summed E-state index contributed by atoms with van der Waals surface area (Å²) in [4.78, 5) is 83.6. The fraction of sp³-hybridized carbons (Fsp3) is 0.412. The molecule has 14 nitrogen and oxygen atoms in total. The summed E-state index contributed by atoms with van der Waals surface area (Å²) in [6.45, 7) is 18.5. The summed E-state index contributed by atoms with van der Waals surface area (Å²) in [6, 6.07) is 18.2. The molecule has 65 heavy (non-hydrogen) atoms. The van der Waals surface area contributed by atoms with E-state index in [0.29, 0.717) is 40.7 Å². The smallest absolute Gasteiger partial charge is 0.338 e. The van der Waals surface area contributed by atoms with Gasteiger partial charge in [-0.15, -0.1) is 0 Å². The summed E-state index contributed by atoms with van der Waals surface area (Å²) >= 11 is 0. The van der Waals surface area contributed by atoms with Crippen LogP contribution in [0.4, 0.5) is 0 Å². The van der Waals surface area contributed by atoms with Crippen LogP contribution in [0.15, 0.2) is 70.3 Å². The molecule has 0 saturated carbocycles. The van der Waals surface area contributed by atoms with Crippen LogP contribution in [0.2, 0.25) is 0 Å². The number of aromatic carboxylic acids is 1. The molecule has 2 fully saturated rings. The lowest BCUT2D eigenvalue weighted by atomic mass is 9.99. The molecule has 5 N–H and O–H groups in total. The molecule has 0 radical (unpaired) electrons. The van der Waals surface area contributed by atoms with Gasteiger partial charge in [0.1, 0.15) is 12.1 Å². The highest BCUT2D eigenvalue weighted by Crippen LogP contribution is 2.33. The number of likely N-dealkylation sites (tertiary alicyclic amines) is 2. The number of carboxylic acid groups (broad SMARTS) is 1. The number of nitrogens with two attached hydrogens (primary N) is 1. The standard InChI is InChI=1S/C26H31N3O3.C17H20N2O3.C8H12N2O/c1-16-15-17(2)27-25(31)20(16)11-12-23(30)24-18(3)29(22-10-6-5-9-21(22)24)19(4)26(32)28-13-7-8-14-28;1-11-15(17(21)22)13-7-3-4-8-14(13)19(11)12(2)16(20)18-9-5-6-10-18;1-5-3-6(2)10-8(11)7(5)4-9/h5-6,9-10,15,19H,7-8,11-14H2,1-4H3,(H,27,31);3-4,7-8,12H,5-6,9-10H2,1-2H3,(H,21,22);3H,4,9H2,1-2H3,(H,10,11). The first-order chi connectivity index (χ1) is 31.0. The molecule has 0 spiro atoms. The van der Waals surface area contributed by atoms with E-state index < -0.39 is 12.0 Å². The van der Waals surface area contributed by atoms with Crippen molar-refractivity contribution < 1.29 is 24.3 Å². The molecular weight excluding hydrogens is 823 g/mol. The third-order valence-corrected chi connectivity index (χ3v) is 12.9. The minimum Gasteiger partial charge on any atom is -0.478 e. The summed E-state index contributed by atoms with van der Waals surface area (Å²) in [5, 5.41) is 11.1. The number of aryl methyl sites for hydroxylation is 4. The molecule has 344 valence electrons. The molecule has 8 rings (SSSR count). The second kappa shape index (κ2) is 20.5. The van der Waals surface area contributed by atoms with E-state index in [2.05, 4.69) is 9.97 Å². The Kier molecular flexibility index (Phi) is 15.1. The molecule has 6 heterocycles. The van der Waals surface area contributed by atoms with Crippen molar-refractivity contribution in [1.82, 2.24) is 28.9 Å². The Morgan fingerprint density at radius 2 is 1.03 bits per heavy atom. The number of aromatic nitrogens is 4. The summed E-state index contributed by atoms with van der Waals surface area (Å²) in [5.41, 5.74) is 14.2. The number of H-pyrrole nitrogens is 2. The third kappa shape index (κ3) is 10.1. The maximum atomic E-state index is 13.4. The maximum Gasteiger partial charge on any atom is 0.338 e. The molecule has 4 aromatic heterocycles. The molecule has 2 amide bonds. The summed E-state index contributed by atoms with van der Waals surface area (Å²) < 4.78 is 3.87. The van der Waals surface area contributed by atoms with Crippen LogP contribution >= 0.6 is 0 Å². The zero-order chi connectivity index (χ0) is 47.3. The lowest BCUT2D eigenvalue weighted by Crippen LogP contribution is -2.34. The number of fused-ring (bicyclic) bond motifs is 2. The number of nitrogens with zero attached hydrogens (tertiary/aromatic N) is 4. The zero-order valence-electron chi connectivity index (χ0n) is 39.0. The maximum absolute atomic E-state index is 13.4. The molecule has 2 aliphatic rings. The Morgan fingerprint density at radius 1 is 0.631 bits per heavy atom. The second-order valence-corrected chi connectivity index (χ2v) is 17.4. The lowest BCUT2D eigenvalue weighted by molar-refractivity contribution is -0.133. The summed E-state index contributed by atoms with van der Waals surface area (Å²) in [7, 11) is 0. The van der Waals surface area contributed by atoms with Gasteiger partial charge in [0.05, 0.1) is 5.56 Å². The van der Waals surface area contributed by atoms with E-state index in [-0.39, 0.29) is 46.7 Å². The van der Waals surface area contributed by atoms with Gasteiger partial charge >= 0.3 is 5.97 Å². The van der Waals surface area contributed by atoms with E-state index in [1.165, 1.54) is 0 Å². The average molecular weight is 886 g/mol. The SMILES string of the molecule is Cc1c(C(=O)O)c2ccccc2n1C(C)C(=O)N1CCCC1.Cc1cc(C)c(CCC(=O)c2c(C)n(C(C)C(=O)N3CCCC3)c3ccccc23)c(=O)[nH]1.Cc1cc(C)c(CN)c(=O)[nH]1. The predicted octanol–water partition coefficient (Wildman–Crippen LogP) is 7.54. The van der Waals surface area contributed by atoms with Crippen molar-refractivity contribution in [3.8, 4) is 0 Å². The first-order valence-corrected chi connectivity index (χ1v) is 22.6. The molecule has 2 aliphatic heterocycles. The van der Waals surface area contributed by atoms with Crippen LogP contribution in [0.1, 0.15) is 124 Å². The van der Waals surface area contributed by atoms with Gasteiger partial charge in [0, 0.05) is 100 Å². The average Bonchev–Trinajstić information content (AvgIpc) is 4.08. The van der Waals surface area contributed by atoms with Crippen molar-refractivity contribution in [3.05, 3.63) is 138 Å².